The number of phenols is 1. The largest absolute Gasteiger partial charge is 0.502 e. The predicted octanol–water partition coefficient (Wildman–Crippen LogP) is 4.79. The van der Waals surface area contributed by atoms with Crippen molar-refractivity contribution in [3.63, 3.8) is 0 Å². The summed E-state index contributed by atoms with van der Waals surface area (Å²) < 4.78 is 16.2. The Morgan fingerprint density at radius 1 is 1.15 bits per heavy atom. The first-order valence-corrected chi connectivity index (χ1v) is 10.5. The van der Waals surface area contributed by atoms with Crippen LogP contribution in [0.2, 0.25) is 5.02 Å². The van der Waals surface area contributed by atoms with E-state index in [0.29, 0.717) is 33.3 Å². The fourth-order valence-corrected chi connectivity index (χ4v) is 4.30. The lowest BCUT2D eigenvalue weighted by molar-refractivity contribution is 0.0716. The molecule has 0 aliphatic carbocycles. The van der Waals surface area contributed by atoms with Crippen LogP contribution in [0.25, 0.3) is 11.3 Å². The highest BCUT2D eigenvalue weighted by Crippen LogP contribution is 2.47. The molecule has 2 aromatic carbocycles. The van der Waals surface area contributed by atoms with Gasteiger partial charge in [0.2, 0.25) is 5.75 Å². The number of nitrogens with one attached hydrogen (secondary N) is 1. The standard InChI is InChI=1S/C24H20ClN3O5/c1-31-17-10-14(11-18(32-2)23(17)29)22-19-20(13-5-7-15(25)8-6-13)26-27-21(19)24(30)28(22)12-16-4-3-9-33-16/h3-11,22,29H,12H2,1-2H3,(H,26,27). The van der Waals surface area contributed by atoms with Crippen molar-refractivity contribution in [1.29, 1.82) is 0 Å². The molecule has 168 valence electrons. The Bertz CT molecular complexity index is 1290. The average molecular weight is 466 g/mol. The molecule has 2 aromatic heterocycles. The molecule has 1 aliphatic rings. The number of aromatic amines is 1. The highest BCUT2D eigenvalue weighted by molar-refractivity contribution is 6.30. The second-order valence-electron chi connectivity index (χ2n) is 7.56. The van der Waals surface area contributed by atoms with Crippen LogP contribution in [-0.2, 0) is 6.54 Å². The van der Waals surface area contributed by atoms with E-state index in [1.807, 2.05) is 18.2 Å². The van der Waals surface area contributed by atoms with E-state index >= 15 is 0 Å². The quantitative estimate of drug-likeness (QED) is 0.424. The van der Waals surface area contributed by atoms with Crippen LogP contribution in [0.15, 0.2) is 59.2 Å². The predicted molar refractivity (Wildman–Crippen MR) is 121 cm³/mol. The summed E-state index contributed by atoms with van der Waals surface area (Å²) in [7, 11) is 2.92. The topological polar surface area (TPSA) is 101 Å². The van der Waals surface area contributed by atoms with Gasteiger partial charge in [-0.15, -0.1) is 0 Å². The van der Waals surface area contributed by atoms with Crippen molar-refractivity contribution in [2.75, 3.05) is 14.2 Å². The third-order valence-corrected chi connectivity index (χ3v) is 5.96. The monoisotopic (exact) mass is 465 g/mol. The molecule has 1 amide bonds. The number of furan rings is 1. The molecule has 1 atom stereocenters. The number of aromatic hydroxyl groups is 1. The maximum absolute atomic E-state index is 13.5. The van der Waals surface area contributed by atoms with Gasteiger partial charge in [0.05, 0.1) is 38.8 Å². The van der Waals surface area contributed by atoms with Gasteiger partial charge < -0.3 is 23.9 Å². The number of nitrogens with zero attached hydrogens (tertiary/aromatic N) is 2. The van der Waals surface area contributed by atoms with E-state index < -0.39 is 6.04 Å². The molecule has 9 heteroatoms. The zero-order valence-corrected chi connectivity index (χ0v) is 18.6. The van der Waals surface area contributed by atoms with Gasteiger partial charge in [0, 0.05) is 16.1 Å². The van der Waals surface area contributed by atoms with E-state index in [1.54, 1.807) is 41.5 Å². The summed E-state index contributed by atoms with van der Waals surface area (Å²) in [5.41, 5.74) is 3.24. The number of ether oxygens (including phenoxy) is 2. The number of methoxy groups -OCH3 is 2. The number of carbonyl (C=O) groups excluding carboxylic acids is 1. The maximum Gasteiger partial charge on any atom is 0.273 e. The summed E-state index contributed by atoms with van der Waals surface area (Å²) in [4.78, 5) is 15.1. The summed E-state index contributed by atoms with van der Waals surface area (Å²) in [6, 6.07) is 13.7. The van der Waals surface area contributed by atoms with Crippen molar-refractivity contribution in [3.05, 3.63) is 82.4 Å². The number of halogens is 1. The first kappa shape index (κ1) is 21.0. The maximum atomic E-state index is 13.5. The van der Waals surface area contributed by atoms with E-state index in [4.69, 9.17) is 25.5 Å². The number of hydrogen-bond acceptors (Lipinski definition) is 6. The van der Waals surface area contributed by atoms with Gasteiger partial charge in [0.15, 0.2) is 11.5 Å². The molecule has 1 unspecified atom stereocenters. The van der Waals surface area contributed by atoms with E-state index in [2.05, 4.69) is 10.2 Å². The van der Waals surface area contributed by atoms with E-state index in [-0.39, 0.29) is 29.7 Å². The summed E-state index contributed by atoms with van der Waals surface area (Å²) in [6.07, 6.45) is 1.57. The average Bonchev–Trinajstić information content (AvgIpc) is 3.54. The van der Waals surface area contributed by atoms with Crippen molar-refractivity contribution >= 4 is 17.5 Å². The molecule has 2 N–H and O–H groups in total. The number of aromatic nitrogens is 2. The number of phenolic OH excluding ortho intramolecular Hbond substituents is 1. The van der Waals surface area contributed by atoms with Crippen LogP contribution in [0, 0.1) is 0 Å². The van der Waals surface area contributed by atoms with Crippen LogP contribution >= 0.6 is 11.6 Å². The normalized spacial score (nSPS) is 15.1. The van der Waals surface area contributed by atoms with Crippen molar-refractivity contribution in [2.24, 2.45) is 0 Å². The highest BCUT2D eigenvalue weighted by atomic mass is 35.5. The lowest BCUT2D eigenvalue weighted by Gasteiger charge is -2.26. The minimum Gasteiger partial charge on any atom is -0.502 e. The number of rotatable bonds is 6. The third-order valence-electron chi connectivity index (χ3n) is 5.71. The Morgan fingerprint density at radius 2 is 1.85 bits per heavy atom. The molecule has 0 fully saturated rings. The van der Waals surface area contributed by atoms with Crippen molar-refractivity contribution in [2.45, 2.75) is 12.6 Å². The van der Waals surface area contributed by atoms with Crippen LogP contribution in [0.4, 0.5) is 0 Å². The van der Waals surface area contributed by atoms with Gasteiger partial charge in [-0.25, -0.2) is 0 Å². The van der Waals surface area contributed by atoms with Crippen LogP contribution in [0.1, 0.15) is 33.4 Å². The number of benzene rings is 2. The Hall–Kier alpha value is -3.91. The second kappa shape index (κ2) is 8.22. The summed E-state index contributed by atoms with van der Waals surface area (Å²) in [6.45, 7) is 0.241. The van der Waals surface area contributed by atoms with Crippen molar-refractivity contribution in [3.8, 4) is 28.5 Å². The molecule has 0 bridgehead atoms. The summed E-state index contributed by atoms with van der Waals surface area (Å²) >= 11 is 6.07. The SMILES string of the molecule is COc1cc(C2c3c(-c4ccc(Cl)cc4)n[nH]c3C(=O)N2Cc2ccco2)cc(OC)c1O. The Labute approximate surface area is 194 Å². The molecule has 3 heterocycles. The highest BCUT2D eigenvalue weighted by Gasteiger charge is 2.43. The van der Waals surface area contributed by atoms with Crippen LogP contribution in [-0.4, -0.2) is 40.3 Å². The minimum atomic E-state index is -0.537. The van der Waals surface area contributed by atoms with E-state index in [0.717, 1.165) is 5.56 Å². The molecular formula is C24H20ClN3O5. The van der Waals surface area contributed by atoms with E-state index in [1.165, 1.54) is 14.2 Å². The summed E-state index contributed by atoms with van der Waals surface area (Å²) in [5.74, 6) is 0.776. The smallest absolute Gasteiger partial charge is 0.273 e. The molecule has 1 aliphatic heterocycles. The molecular weight excluding hydrogens is 446 g/mol. The molecule has 5 rings (SSSR count). The first-order valence-electron chi connectivity index (χ1n) is 10.1. The molecule has 33 heavy (non-hydrogen) atoms. The lowest BCUT2D eigenvalue weighted by atomic mass is 9.95. The van der Waals surface area contributed by atoms with Gasteiger partial charge in [-0.3, -0.25) is 9.89 Å². The Kier molecular flexibility index (Phi) is 5.22. The van der Waals surface area contributed by atoms with Crippen molar-refractivity contribution < 1.29 is 23.8 Å². The minimum absolute atomic E-state index is 0.115. The second-order valence-corrected chi connectivity index (χ2v) is 7.99. The van der Waals surface area contributed by atoms with Crippen LogP contribution in [0.3, 0.4) is 0 Å². The zero-order valence-electron chi connectivity index (χ0n) is 17.8. The van der Waals surface area contributed by atoms with Crippen LogP contribution < -0.4 is 9.47 Å². The third kappa shape index (κ3) is 3.48. The van der Waals surface area contributed by atoms with Gasteiger partial charge in [-0.1, -0.05) is 23.7 Å². The Balaban J connectivity index is 1.70. The number of H-pyrrole nitrogens is 1. The Morgan fingerprint density at radius 3 is 2.45 bits per heavy atom. The first-order chi connectivity index (χ1) is 16.0. The van der Waals surface area contributed by atoms with Gasteiger partial charge in [-0.05, 0) is 42.0 Å². The van der Waals surface area contributed by atoms with Gasteiger partial charge in [0.25, 0.3) is 5.91 Å². The van der Waals surface area contributed by atoms with Gasteiger partial charge in [-0.2, -0.15) is 5.10 Å². The van der Waals surface area contributed by atoms with Gasteiger partial charge in [0.1, 0.15) is 11.5 Å². The molecule has 0 saturated heterocycles. The fourth-order valence-electron chi connectivity index (χ4n) is 4.18. The van der Waals surface area contributed by atoms with E-state index in [9.17, 15) is 9.90 Å². The number of amides is 1. The zero-order chi connectivity index (χ0) is 23.1. The lowest BCUT2D eigenvalue weighted by Crippen LogP contribution is -2.29. The molecule has 0 radical (unpaired) electrons. The molecule has 4 aromatic rings. The van der Waals surface area contributed by atoms with Gasteiger partial charge >= 0.3 is 0 Å². The summed E-state index contributed by atoms with van der Waals surface area (Å²) in [5, 5.41) is 18.4. The molecule has 0 saturated carbocycles. The fraction of sp³-hybridized carbons (Fsp3) is 0.167. The number of hydrogen-bond donors (Lipinski definition) is 2. The molecule has 8 nitrogen and oxygen atoms in total. The van der Waals surface area contributed by atoms with Crippen molar-refractivity contribution in [1.82, 2.24) is 15.1 Å². The molecule has 0 spiro atoms. The number of fused-ring (bicyclic) bond motifs is 1. The van der Waals surface area contributed by atoms with Crippen LogP contribution in [0.5, 0.6) is 17.2 Å². The number of carbonyl (C=O) groups is 1.